The molecule has 1 saturated heterocycles. The number of methoxy groups -OCH3 is 1. The molecular formula is C22H26O3. The number of unbranched alkanes of at least 4 members (excludes halogenated alkanes) is 1. The van der Waals surface area contributed by atoms with Crippen molar-refractivity contribution in [2.45, 2.75) is 31.5 Å². The Morgan fingerprint density at radius 3 is 2.24 bits per heavy atom. The van der Waals surface area contributed by atoms with Crippen LogP contribution >= 0.6 is 0 Å². The molecule has 0 spiro atoms. The van der Waals surface area contributed by atoms with Crippen LogP contribution in [-0.4, -0.2) is 20.3 Å². The first-order chi connectivity index (χ1) is 12.3. The van der Waals surface area contributed by atoms with E-state index in [1.165, 1.54) is 11.1 Å². The van der Waals surface area contributed by atoms with Crippen molar-refractivity contribution in [3.05, 3.63) is 77.9 Å². The van der Waals surface area contributed by atoms with Crippen molar-refractivity contribution in [2.24, 2.45) is 0 Å². The first-order valence-electron chi connectivity index (χ1n) is 8.87. The van der Waals surface area contributed by atoms with Crippen molar-refractivity contribution in [3.8, 4) is 5.75 Å². The third kappa shape index (κ3) is 4.71. The molecule has 1 heterocycles. The van der Waals surface area contributed by atoms with Gasteiger partial charge >= 0.3 is 0 Å². The summed E-state index contributed by atoms with van der Waals surface area (Å²) in [4.78, 5) is 0. The molecule has 0 atom stereocenters. The molecule has 2 aromatic carbocycles. The second-order valence-electron chi connectivity index (χ2n) is 6.39. The predicted molar refractivity (Wildman–Crippen MR) is 100.0 cm³/mol. The minimum Gasteiger partial charge on any atom is -0.497 e. The summed E-state index contributed by atoms with van der Waals surface area (Å²) in [7, 11) is 1.68. The van der Waals surface area contributed by atoms with Crippen molar-refractivity contribution < 1.29 is 14.2 Å². The van der Waals surface area contributed by atoms with Crippen LogP contribution < -0.4 is 4.74 Å². The Morgan fingerprint density at radius 2 is 1.64 bits per heavy atom. The molecule has 3 nitrogen and oxygen atoms in total. The third-order valence-electron chi connectivity index (χ3n) is 4.61. The average molecular weight is 338 g/mol. The molecule has 0 N–H and O–H groups in total. The zero-order chi connectivity index (χ0) is 17.5. The van der Waals surface area contributed by atoms with Gasteiger partial charge in [0.15, 0.2) is 6.29 Å². The van der Waals surface area contributed by atoms with Gasteiger partial charge < -0.3 is 14.2 Å². The highest BCUT2D eigenvalue weighted by Gasteiger charge is 2.24. The normalized spacial score (nSPS) is 20.2. The number of allylic oxidation sites excluding steroid dienone is 1. The summed E-state index contributed by atoms with van der Waals surface area (Å²) >= 11 is 0. The van der Waals surface area contributed by atoms with Crippen molar-refractivity contribution in [2.75, 3.05) is 20.3 Å². The van der Waals surface area contributed by atoms with E-state index in [2.05, 4.69) is 43.0 Å². The maximum Gasteiger partial charge on any atom is 0.183 e. The predicted octanol–water partition coefficient (Wildman–Crippen LogP) is 5.03. The van der Waals surface area contributed by atoms with Gasteiger partial charge in [-0.15, -0.1) is 6.58 Å². The van der Waals surface area contributed by atoms with Crippen LogP contribution in [0.5, 0.6) is 5.75 Å². The van der Waals surface area contributed by atoms with Gasteiger partial charge in [0.2, 0.25) is 0 Å². The Bertz CT molecular complexity index is 653. The number of benzene rings is 2. The number of hydrogen-bond donors (Lipinski definition) is 0. The van der Waals surface area contributed by atoms with Crippen LogP contribution in [0.2, 0.25) is 0 Å². The van der Waals surface area contributed by atoms with Gasteiger partial charge in [0.05, 0.1) is 20.3 Å². The molecular weight excluding hydrogens is 312 g/mol. The molecule has 0 amide bonds. The SMILES string of the molecule is C=CCCCc1ccc(C2OCC(c3ccc(OC)cc3)CO2)cc1. The van der Waals surface area contributed by atoms with Crippen LogP contribution in [0.15, 0.2) is 61.2 Å². The van der Waals surface area contributed by atoms with E-state index in [-0.39, 0.29) is 12.2 Å². The van der Waals surface area contributed by atoms with E-state index in [4.69, 9.17) is 14.2 Å². The molecule has 3 rings (SSSR count). The molecule has 25 heavy (non-hydrogen) atoms. The Labute approximate surface area is 150 Å². The molecule has 1 aliphatic rings. The maximum absolute atomic E-state index is 5.96. The van der Waals surface area contributed by atoms with Gasteiger partial charge in [0, 0.05) is 11.5 Å². The lowest BCUT2D eigenvalue weighted by atomic mass is 10.00. The van der Waals surface area contributed by atoms with E-state index in [9.17, 15) is 0 Å². The fraction of sp³-hybridized carbons (Fsp3) is 0.364. The molecule has 3 heteroatoms. The van der Waals surface area contributed by atoms with E-state index in [1.807, 2.05) is 18.2 Å². The van der Waals surface area contributed by atoms with E-state index >= 15 is 0 Å². The average Bonchev–Trinajstić information content (AvgIpc) is 2.69. The Hall–Kier alpha value is -2.10. The first-order valence-corrected chi connectivity index (χ1v) is 8.87. The molecule has 1 aliphatic heterocycles. The van der Waals surface area contributed by atoms with Crippen molar-refractivity contribution >= 4 is 0 Å². The van der Waals surface area contributed by atoms with Crippen molar-refractivity contribution in [1.29, 1.82) is 0 Å². The summed E-state index contributed by atoms with van der Waals surface area (Å²) in [5.41, 5.74) is 3.65. The van der Waals surface area contributed by atoms with Gasteiger partial charge in [0.1, 0.15) is 5.75 Å². The quantitative estimate of drug-likeness (QED) is 0.523. The van der Waals surface area contributed by atoms with Crippen LogP contribution in [0.3, 0.4) is 0 Å². The summed E-state index contributed by atoms with van der Waals surface area (Å²) in [6, 6.07) is 16.7. The number of rotatable bonds is 7. The standard InChI is InChI=1S/C22H26O3/c1-3-4-5-6-17-7-9-19(10-8-17)22-24-15-20(16-25-22)18-11-13-21(23-2)14-12-18/h3,7-14,20,22H,1,4-6,15-16H2,2H3. The molecule has 0 radical (unpaired) electrons. The minimum absolute atomic E-state index is 0.264. The topological polar surface area (TPSA) is 27.7 Å². The summed E-state index contributed by atoms with van der Waals surface area (Å²) in [6.45, 7) is 5.09. The second-order valence-corrected chi connectivity index (χ2v) is 6.39. The van der Waals surface area contributed by atoms with Gasteiger partial charge in [-0.3, -0.25) is 0 Å². The van der Waals surface area contributed by atoms with E-state index in [1.54, 1.807) is 7.11 Å². The van der Waals surface area contributed by atoms with Gasteiger partial charge in [0.25, 0.3) is 0 Å². The number of hydrogen-bond acceptors (Lipinski definition) is 3. The van der Waals surface area contributed by atoms with E-state index in [0.717, 1.165) is 30.6 Å². The van der Waals surface area contributed by atoms with Gasteiger partial charge in [-0.2, -0.15) is 0 Å². The molecule has 1 fully saturated rings. The summed E-state index contributed by atoms with van der Waals surface area (Å²) < 4.78 is 17.1. The smallest absolute Gasteiger partial charge is 0.183 e. The molecule has 0 aliphatic carbocycles. The zero-order valence-electron chi connectivity index (χ0n) is 14.8. The lowest BCUT2D eigenvalue weighted by Gasteiger charge is -2.30. The highest BCUT2D eigenvalue weighted by molar-refractivity contribution is 5.30. The first kappa shape index (κ1) is 17.7. The zero-order valence-corrected chi connectivity index (χ0v) is 14.8. The maximum atomic E-state index is 5.96. The third-order valence-corrected chi connectivity index (χ3v) is 4.61. The largest absolute Gasteiger partial charge is 0.497 e. The number of aryl methyl sites for hydroxylation is 1. The van der Waals surface area contributed by atoms with Gasteiger partial charge in [-0.05, 0) is 42.5 Å². The van der Waals surface area contributed by atoms with Crippen LogP contribution in [0.4, 0.5) is 0 Å². The second kappa shape index (κ2) is 8.84. The Balaban J connectivity index is 1.53. The van der Waals surface area contributed by atoms with Gasteiger partial charge in [-0.25, -0.2) is 0 Å². The highest BCUT2D eigenvalue weighted by atomic mass is 16.7. The monoisotopic (exact) mass is 338 g/mol. The summed E-state index contributed by atoms with van der Waals surface area (Å²) in [5, 5.41) is 0. The van der Waals surface area contributed by atoms with Crippen molar-refractivity contribution in [3.63, 3.8) is 0 Å². The highest BCUT2D eigenvalue weighted by Crippen LogP contribution is 2.30. The van der Waals surface area contributed by atoms with Crippen LogP contribution in [0, 0.1) is 0 Å². The molecule has 0 saturated carbocycles. The lowest BCUT2D eigenvalue weighted by molar-refractivity contribution is -0.191. The molecule has 132 valence electrons. The van der Waals surface area contributed by atoms with Gasteiger partial charge in [-0.1, -0.05) is 42.5 Å². The Kier molecular flexibility index (Phi) is 6.26. The number of ether oxygens (including phenoxy) is 3. The minimum atomic E-state index is -0.267. The lowest BCUT2D eigenvalue weighted by Crippen LogP contribution is -2.25. The molecule has 0 aromatic heterocycles. The molecule has 0 unspecified atom stereocenters. The Morgan fingerprint density at radius 1 is 1.00 bits per heavy atom. The summed E-state index contributed by atoms with van der Waals surface area (Å²) in [5.74, 6) is 1.13. The fourth-order valence-electron chi connectivity index (χ4n) is 3.06. The van der Waals surface area contributed by atoms with Crippen LogP contribution in [0.1, 0.15) is 41.7 Å². The van der Waals surface area contributed by atoms with Crippen LogP contribution in [-0.2, 0) is 15.9 Å². The van der Waals surface area contributed by atoms with E-state index < -0.39 is 0 Å². The van der Waals surface area contributed by atoms with Crippen LogP contribution in [0.25, 0.3) is 0 Å². The molecule has 2 aromatic rings. The fourth-order valence-corrected chi connectivity index (χ4v) is 3.06. The molecule has 0 bridgehead atoms. The summed E-state index contributed by atoms with van der Waals surface area (Å²) in [6.07, 6.45) is 4.98. The van der Waals surface area contributed by atoms with E-state index in [0.29, 0.717) is 13.2 Å². The van der Waals surface area contributed by atoms with Crippen molar-refractivity contribution in [1.82, 2.24) is 0 Å².